The number of carboxylic acid groups (broad SMARTS) is 1. The van der Waals surface area contributed by atoms with Crippen molar-refractivity contribution in [3.8, 4) is 0 Å². The molecule has 4 heteroatoms. The molecule has 2 N–H and O–H groups in total. The van der Waals surface area contributed by atoms with Crippen LogP contribution >= 0.6 is 0 Å². The van der Waals surface area contributed by atoms with E-state index in [-0.39, 0.29) is 18.2 Å². The van der Waals surface area contributed by atoms with Gasteiger partial charge in [0.05, 0.1) is 6.42 Å². The lowest BCUT2D eigenvalue weighted by molar-refractivity contribution is -0.139. The highest BCUT2D eigenvalue weighted by Gasteiger charge is 2.36. The number of rotatable bonds is 4. The third-order valence-corrected chi connectivity index (χ3v) is 4.97. The zero-order chi connectivity index (χ0) is 14.8. The van der Waals surface area contributed by atoms with Gasteiger partial charge in [-0.25, -0.2) is 0 Å². The largest absolute Gasteiger partial charge is 0.481 e. The van der Waals surface area contributed by atoms with Gasteiger partial charge in [-0.1, -0.05) is 25.7 Å². The first-order valence-corrected chi connectivity index (χ1v) is 7.91. The van der Waals surface area contributed by atoms with Crippen LogP contribution in [0.15, 0.2) is 0 Å². The molecular weight excluding hydrogens is 254 g/mol. The highest BCUT2D eigenvalue weighted by atomic mass is 16.4. The number of fused-ring (bicyclic) bond motifs is 1. The van der Waals surface area contributed by atoms with Gasteiger partial charge in [0.2, 0.25) is 5.91 Å². The summed E-state index contributed by atoms with van der Waals surface area (Å²) in [4.78, 5) is 23.2. The van der Waals surface area contributed by atoms with Gasteiger partial charge in [-0.2, -0.15) is 0 Å². The molecule has 0 heterocycles. The summed E-state index contributed by atoms with van der Waals surface area (Å²) in [6.07, 6.45) is 8.37. The van der Waals surface area contributed by atoms with Crippen molar-refractivity contribution in [1.82, 2.24) is 5.32 Å². The van der Waals surface area contributed by atoms with Crippen molar-refractivity contribution in [2.75, 3.05) is 0 Å². The number of aliphatic carboxylic acids is 1. The minimum absolute atomic E-state index is 0.0302. The highest BCUT2D eigenvalue weighted by molar-refractivity contribution is 5.80. The second kappa shape index (κ2) is 6.15. The third kappa shape index (κ3) is 3.97. The lowest BCUT2D eigenvalue weighted by Gasteiger charge is -2.39. The summed E-state index contributed by atoms with van der Waals surface area (Å²) < 4.78 is 0. The zero-order valence-electron chi connectivity index (χ0n) is 12.7. The molecule has 0 spiro atoms. The number of carboxylic acids is 1. The molecule has 1 amide bonds. The van der Waals surface area contributed by atoms with E-state index in [1.165, 1.54) is 32.1 Å². The van der Waals surface area contributed by atoms with E-state index < -0.39 is 11.5 Å². The van der Waals surface area contributed by atoms with E-state index in [0.717, 1.165) is 24.7 Å². The zero-order valence-corrected chi connectivity index (χ0v) is 12.7. The van der Waals surface area contributed by atoms with Crippen molar-refractivity contribution in [3.63, 3.8) is 0 Å². The SMILES string of the molecule is CC(C)(CC(=O)O)NC(=O)C1CCC2CCCCC2C1. The molecule has 4 nitrogen and oxygen atoms in total. The van der Waals surface area contributed by atoms with Gasteiger partial charge in [0.25, 0.3) is 0 Å². The van der Waals surface area contributed by atoms with Crippen LogP contribution in [0.25, 0.3) is 0 Å². The molecule has 0 aromatic carbocycles. The van der Waals surface area contributed by atoms with Gasteiger partial charge in [-0.3, -0.25) is 9.59 Å². The van der Waals surface area contributed by atoms with Crippen molar-refractivity contribution in [2.24, 2.45) is 17.8 Å². The minimum Gasteiger partial charge on any atom is -0.481 e. The third-order valence-electron chi connectivity index (χ3n) is 4.97. The molecule has 2 saturated carbocycles. The first kappa shape index (κ1) is 15.3. The summed E-state index contributed by atoms with van der Waals surface area (Å²) in [6.45, 7) is 3.57. The summed E-state index contributed by atoms with van der Waals surface area (Å²) in [5.41, 5.74) is -0.660. The number of amides is 1. The van der Waals surface area contributed by atoms with E-state index in [9.17, 15) is 9.59 Å². The molecule has 0 aliphatic heterocycles. The molecular formula is C16H27NO3. The Morgan fingerprint density at radius 1 is 1.10 bits per heavy atom. The maximum Gasteiger partial charge on any atom is 0.305 e. The van der Waals surface area contributed by atoms with Crippen LogP contribution in [0.4, 0.5) is 0 Å². The lowest BCUT2D eigenvalue weighted by atomic mass is 9.67. The average Bonchev–Trinajstić information content (AvgIpc) is 2.36. The summed E-state index contributed by atoms with van der Waals surface area (Å²) in [5, 5.41) is 11.8. The molecule has 0 aromatic heterocycles. The lowest BCUT2D eigenvalue weighted by Crippen LogP contribution is -2.48. The van der Waals surface area contributed by atoms with Crippen LogP contribution in [0.5, 0.6) is 0 Å². The molecule has 2 fully saturated rings. The maximum absolute atomic E-state index is 12.4. The summed E-state index contributed by atoms with van der Waals surface area (Å²) in [5.74, 6) is 0.824. The predicted molar refractivity (Wildman–Crippen MR) is 77.3 cm³/mol. The topological polar surface area (TPSA) is 66.4 Å². The molecule has 2 aliphatic carbocycles. The molecule has 3 unspecified atom stereocenters. The van der Waals surface area contributed by atoms with Crippen LogP contribution in [0, 0.1) is 17.8 Å². The Balaban J connectivity index is 1.88. The average molecular weight is 281 g/mol. The fraction of sp³-hybridized carbons (Fsp3) is 0.875. The Morgan fingerprint density at radius 2 is 1.75 bits per heavy atom. The van der Waals surface area contributed by atoms with Crippen molar-refractivity contribution >= 4 is 11.9 Å². The quantitative estimate of drug-likeness (QED) is 0.832. The Hall–Kier alpha value is -1.06. The van der Waals surface area contributed by atoms with Gasteiger partial charge < -0.3 is 10.4 Å². The summed E-state index contributed by atoms with van der Waals surface area (Å²) >= 11 is 0. The molecule has 3 atom stereocenters. The molecule has 0 saturated heterocycles. The molecule has 114 valence electrons. The van der Waals surface area contributed by atoms with Gasteiger partial charge in [-0.05, 0) is 44.9 Å². The number of nitrogens with one attached hydrogen (secondary N) is 1. The van der Waals surface area contributed by atoms with Crippen LogP contribution in [0.1, 0.15) is 65.2 Å². The Morgan fingerprint density at radius 3 is 2.40 bits per heavy atom. The molecule has 0 aromatic rings. The van der Waals surface area contributed by atoms with E-state index >= 15 is 0 Å². The van der Waals surface area contributed by atoms with Crippen LogP contribution in [0.2, 0.25) is 0 Å². The maximum atomic E-state index is 12.4. The normalized spacial score (nSPS) is 30.4. The van der Waals surface area contributed by atoms with Crippen LogP contribution in [0.3, 0.4) is 0 Å². The summed E-state index contributed by atoms with van der Waals surface area (Å²) in [6, 6.07) is 0. The van der Waals surface area contributed by atoms with Crippen molar-refractivity contribution in [1.29, 1.82) is 0 Å². The second-order valence-corrected chi connectivity index (χ2v) is 7.26. The molecule has 20 heavy (non-hydrogen) atoms. The fourth-order valence-electron chi connectivity index (χ4n) is 3.97. The van der Waals surface area contributed by atoms with Gasteiger partial charge in [-0.15, -0.1) is 0 Å². The van der Waals surface area contributed by atoms with Gasteiger partial charge in [0.15, 0.2) is 0 Å². The van der Waals surface area contributed by atoms with Crippen LogP contribution in [-0.2, 0) is 9.59 Å². The van der Waals surface area contributed by atoms with E-state index in [1.54, 1.807) is 13.8 Å². The first-order chi connectivity index (χ1) is 9.37. The van der Waals surface area contributed by atoms with E-state index in [4.69, 9.17) is 5.11 Å². The predicted octanol–water partition coefficient (Wildman–Crippen LogP) is 2.96. The van der Waals surface area contributed by atoms with E-state index in [0.29, 0.717) is 0 Å². The minimum atomic E-state index is -0.869. The van der Waals surface area contributed by atoms with E-state index in [1.807, 2.05) is 0 Å². The molecule has 2 aliphatic rings. The first-order valence-electron chi connectivity index (χ1n) is 7.91. The van der Waals surface area contributed by atoms with E-state index in [2.05, 4.69) is 5.32 Å². The fourth-order valence-corrected chi connectivity index (χ4v) is 3.97. The van der Waals surface area contributed by atoms with Crippen LogP contribution < -0.4 is 5.32 Å². The van der Waals surface area contributed by atoms with Gasteiger partial charge in [0.1, 0.15) is 0 Å². The summed E-state index contributed by atoms with van der Waals surface area (Å²) in [7, 11) is 0. The van der Waals surface area contributed by atoms with Crippen molar-refractivity contribution < 1.29 is 14.7 Å². The second-order valence-electron chi connectivity index (χ2n) is 7.26. The van der Waals surface area contributed by atoms with Gasteiger partial charge in [0, 0.05) is 11.5 Å². The van der Waals surface area contributed by atoms with Crippen LogP contribution in [-0.4, -0.2) is 22.5 Å². The molecule has 0 radical (unpaired) electrons. The van der Waals surface area contributed by atoms with Crippen molar-refractivity contribution in [3.05, 3.63) is 0 Å². The monoisotopic (exact) mass is 281 g/mol. The number of hydrogen-bond donors (Lipinski definition) is 2. The molecule has 0 bridgehead atoms. The smallest absolute Gasteiger partial charge is 0.305 e. The Kier molecular flexibility index (Phi) is 4.71. The number of carbonyl (C=O) groups is 2. The molecule has 2 rings (SSSR count). The highest BCUT2D eigenvalue weighted by Crippen LogP contribution is 2.42. The van der Waals surface area contributed by atoms with Crippen molar-refractivity contribution in [2.45, 2.75) is 70.8 Å². The van der Waals surface area contributed by atoms with Gasteiger partial charge >= 0.3 is 5.97 Å². The Bertz CT molecular complexity index is 378. The number of hydrogen-bond acceptors (Lipinski definition) is 2. The number of carbonyl (C=O) groups excluding carboxylic acids is 1. The standard InChI is InChI=1S/C16H27NO3/c1-16(2,10-14(18)19)17-15(20)13-8-7-11-5-3-4-6-12(11)9-13/h11-13H,3-10H2,1-2H3,(H,17,20)(H,18,19). The Labute approximate surface area is 121 Å².